The lowest BCUT2D eigenvalue weighted by atomic mass is 10.2. The molecule has 1 aromatic carbocycles. The molecule has 33 heavy (non-hydrogen) atoms. The van der Waals surface area contributed by atoms with E-state index >= 15 is 0 Å². The summed E-state index contributed by atoms with van der Waals surface area (Å²) in [5.74, 6) is 0.969. The van der Waals surface area contributed by atoms with Crippen LogP contribution in [-0.4, -0.2) is 47.1 Å². The Morgan fingerprint density at radius 3 is 2.48 bits per heavy atom. The summed E-state index contributed by atoms with van der Waals surface area (Å²) >= 11 is 0. The summed E-state index contributed by atoms with van der Waals surface area (Å²) in [5.41, 5.74) is 3.51. The molecule has 0 aliphatic carbocycles. The van der Waals surface area contributed by atoms with Crippen LogP contribution in [0.25, 0.3) is 16.9 Å². The van der Waals surface area contributed by atoms with Crippen LogP contribution in [0.2, 0.25) is 0 Å². The van der Waals surface area contributed by atoms with Gasteiger partial charge in [-0.1, -0.05) is 0 Å². The first-order valence-corrected chi connectivity index (χ1v) is 10.3. The van der Waals surface area contributed by atoms with Crippen molar-refractivity contribution in [2.45, 2.75) is 6.92 Å². The van der Waals surface area contributed by atoms with E-state index in [4.69, 9.17) is 4.74 Å². The van der Waals surface area contributed by atoms with Gasteiger partial charge >= 0.3 is 6.09 Å². The number of nitrogens with zero attached hydrogens (tertiary/aromatic N) is 4. The largest absolute Gasteiger partial charge is 0.494 e. The number of hydrogen-bond donors (Lipinski definition) is 1. The number of ether oxygens (including phenoxy) is 2. The van der Waals surface area contributed by atoms with Crippen LogP contribution in [0.1, 0.15) is 17.3 Å². The van der Waals surface area contributed by atoms with Gasteiger partial charge in [-0.2, -0.15) is 0 Å². The first kappa shape index (κ1) is 21.8. The number of rotatable bonds is 6. The maximum absolute atomic E-state index is 13.1. The van der Waals surface area contributed by atoms with Gasteiger partial charge < -0.3 is 14.4 Å². The fourth-order valence-corrected chi connectivity index (χ4v) is 3.34. The van der Waals surface area contributed by atoms with Crippen LogP contribution in [0.4, 0.5) is 16.3 Å². The molecule has 9 heteroatoms. The van der Waals surface area contributed by atoms with E-state index in [2.05, 4.69) is 20.0 Å². The van der Waals surface area contributed by atoms with Crippen LogP contribution in [-0.2, 0) is 4.74 Å². The third-order valence-electron chi connectivity index (χ3n) is 5.07. The SMILES string of the molecule is CCOc1ccc(N(C)C(=O)c2ccc3ncc(-c4ccc(NC(=O)OC)nc4)n3c2)cc1. The Labute approximate surface area is 190 Å². The van der Waals surface area contributed by atoms with Crippen LogP contribution in [0.5, 0.6) is 5.75 Å². The molecule has 168 valence electrons. The van der Waals surface area contributed by atoms with Gasteiger partial charge in [-0.05, 0) is 55.5 Å². The Morgan fingerprint density at radius 2 is 1.82 bits per heavy atom. The summed E-state index contributed by atoms with van der Waals surface area (Å²) in [6.45, 7) is 2.51. The molecule has 2 amide bonds. The van der Waals surface area contributed by atoms with E-state index in [-0.39, 0.29) is 5.91 Å². The van der Waals surface area contributed by atoms with Crippen LogP contribution in [0.15, 0.2) is 67.1 Å². The predicted octanol–water partition coefficient (Wildman–Crippen LogP) is 4.25. The van der Waals surface area contributed by atoms with Crippen molar-refractivity contribution in [1.82, 2.24) is 14.4 Å². The van der Waals surface area contributed by atoms with Crippen molar-refractivity contribution in [3.05, 3.63) is 72.7 Å². The zero-order valence-electron chi connectivity index (χ0n) is 18.5. The van der Waals surface area contributed by atoms with Crippen LogP contribution in [0.3, 0.4) is 0 Å². The highest BCUT2D eigenvalue weighted by atomic mass is 16.5. The summed E-state index contributed by atoms with van der Waals surface area (Å²) in [4.78, 5) is 34.7. The number of methoxy groups -OCH3 is 1. The number of hydrogen-bond acceptors (Lipinski definition) is 6. The molecule has 0 spiro atoms. The Morgan fingerprint density at radius 1 is 1.03 bits per heavy atom. The van der Waals surface area contributed by atoms with Crippen LogP contribution < -0.4 is 15.0 Å². The number of amides is 2. The summed E-state index contributed by atoms with van der Waals surface area (Å²) < 4.78 is 11.9. The van der Waals surface area contributed by atoms with E-state index in [0.717, 1.165) is 22.7 Å². The van der Waals surface area contributed by atoms with Gasteiger partial charge in [0.15, 0.2) is 0 Å². The number of pyridine rings is 2. The predicted molar refractivity (Wildman–Crippen MR) is 125 cm³/mol. The molecule has 0 bridgehead atoms. The summed E-state index contributed by atoms with van der Waals surface area (Å²) in [6, 6.07) is 14.4. The number of benzene rings is 1. The van der Waals surface area contributed by atoms with E-state index < -0.39 is 6.09 Å². The number of nitrogens with one attached hydrogen (secondary N) is 1. The lowest BCUT2D eigenvalue weighted by molar-refractivity contribution is 0.0992. The van der Waals surface area contributed by atoms with Crippen LogP contribution >= 0.6 is 0 Å². The van der Waals surface area contributed by atoms with Crippen molar-refractivity contribution in [1.29, 1.82) is 0 Å². The average molecular weight is 445 g/mol. The molecule has 0 fully saturated rings. The van der Waals surface area contributed by atoms with E-state index in [1.807, 2.05) is 41.7 Å². The second kappa shape index (κ2) is 9.39. The topological polar surface area (TPSA) is 98.1 Å². The van der Waals surface area contributed by atoms with Crippen molar-refractivity contribution >= 4 is 29.2 Å². The molecule has 3 heterocycles. The number of imidazole rings is 1. The fraction of sp³-hybridized carbons (Fsp3) is 0.167. The fourth-order valence-electron chi connectivity index (χ4n) is 3.34. The maximum Gasteiger partial charge on any atom is 0.412 e. The molecular formula is C24H23N5O4. The van der Waals surface area contributed by atoms with Gasteiger partial charge in [0, 0.05) is 30.7 Å². The molecule has 0 saturated heterocycles. The summed E-state index contributed by atoms with van der Waals surface area (Å²) in [6.07, 6.45) is 4.50. The molecular weight excluding hydrogens is 422 g/mol. The molecule has 9 nitrogen and oxygen atoms in total. The van der Waals surface area contributed by atoms with Crippen LogP contribution in [0, 0.1) is 0 Å². The van der Waals surface area contributed by atoms with Gasteiger partial charge in [-0.3, -0.25) is 14.5 Å². The molecule has 0 atom stereocenters. The minimum Gasteiger partial charge on any atom is -0.494 e. The zero-order valence-corrected chi connectivity index (χ0v) is 18.5. The molecule has 0 aliphatic rings. The van der Waals surface area contributed by atoms with E-state index in [9.17, 15) is 9.59 Å². The van der Waals surface area contributed by atoms with E-state index in [1.165, 1.54) is 7.11 Å². The number of carbonyl (C=O) groups is 2. The van der Waals surface area contributed by atoms with Gasteiger partial charge in [0.05, 0.1) is 31.2 Å². The maximum atomic E-state index is 13.1. The summed E-state index contributed by atoms with van der Waals surface area (Å²) in [7, 11) is 3.02. The molecule has 0 aliphatic heterocycles. The molecule has 0 unspecified atom stereocenters. The first-order chi connectivity index (χ1) is 16.0. The number of carbonyl (C=O) groups excluding carboxylic acids is 2. The highest BCUT2D eigenvalue weighted by Gasteiger charge is 2.16. The average Bonchev–Trinajstić information content (AvgIpc) is 3.27. The minimum atomic E-state index is -0.593. The zero-order chi connectivity index (χ0) is 23.4. The summed E-state index contributed by atoms with van der Waals surface area (Å²) in [5, 5.41) is 2.51. The molecule has 0 saturated carbocycles. The second-order valence-corrected chi connectivity index (χ2v) is 7.13. The minimum absolute atomic E-state index is 0.156. The van der Waals surface area contributed by atoms with Crippen molar-refractivity contribution < 1.29 is 19.1 Å². The highest BCUT2D eigenvalue weighted by Crippen LogP contribution is 2.24. The quantitative estimate of drug-likeness (QED) is 0.476. The van der Waals surface area contributed by atoms with Gasteiger partial charge in [-0.15, -0.1) is 0 Å². The molecule has 3 aromatic heterocycles. The van der Waals surface area contributed by atoms with Crippen molar-refractivity contribution in [2.75, 3.05) is 31.0 Å². The van der Waals surface area contributed by atoms with Crippen molar-refractivity contribution in [2.24, 2.45) is 0 Å². The number of anilines is 2. The molecule has 4 rings (SSSR count). The lowest BCUT2D eigenvalue weighted by Gasteiger charge is -2.18. The first-order valence-electron chi connectivity index (χ1n) is 10.3. The Balaban J connectivity index is 1.59. The third kappa shape index (κ3) is 4.62. The van der Waals surface area contributed by atoms with Gasteiger partial charge in [0.2, 0.25) is 0 Å². The standard InChI is InChI=1S/C24H23N5O4/c1-4-33-19-9-7-18(8-10-19)28(2)23(30)17-6-12-22-26-14-20(29(22)15-17)16-5-11-21(25-13-16)27-24(31)32-3/h5-15H,4H2,1-3H3,(H,25,27,31). The third-order valence-corrected chi connectivity index (χ3v) is 5.07. The van der Waals surface area contributed by atoms with Gasteiger partial charge in [0.25, 0.3) is 5.91 Å². The van der Waals surface area contributed by atoms with Gasteiger partial charge in [0.1, 0.15) is 17.2 Å². The smallest absolute Gasteiger partial charge is 0.412 e. The van der Waals surface area contributed by atoms with Gasteiger partial charge in [-0.25, -0.2) is 14.8 Å². The van der Waals surface area contributed by atoms with Crippen molar-refractivity contribution in [3.63, 3.8) is 0 Å². The Bertz CT molecular complexity index is 1280. The monoisotopic (exact) mass is 445 g/mol. The van der Waals surface area contributed by atoms with E-state index in [1.54, 1.807) is 48.7 Å². The van der Waals surface area contributed by atoms with E-state index in [0.29, 0.717) is 23.6 Å². The highest BCUT2D eigenvalue weighted by molar-refractivity contribution is 6.05. The molecule has 0 radical (unpaired) electrons. The van der Waals surface area contributed by atoms with Crippen molar-refractivity contribution in [3.8, 4) is 17.0 Å². The molecule has 1 N–H and O–H groups in total. The molecule has 4 aromatic rings. The normalized spacial score (nSPS) is 10.6. The number of aromatic nitrogens is 3. The number of fused-ring (bicyclic) bond motifs is 1. The Kier molecular flexibility index (Phi) is 6.21. The lowest BCUT2D eigenvalue weighted by Crippen LogP contribution is -2.26. The second-order valence-electron chi connectivity index (χ2n) is 7.13. The Hall–Kier alpha value is -4.40.